The lowest BCUT2D eigenvalue weighted by atomic mass is 10.1. The Labute approximate surface area is 91.3 Å². The summed E-state index contributed by atoms with van der Waals surface area (Å²) in [5.74, 6) is 5.20. The van der Waals surface area contributed by atoms with Gasteiger partial charge in [0.15, 0.2) is 5.76 Å². The van der Waals surface area contributed by atoms with Crippen molar-refractivity contribution in [1.82, 2.24) is 0 Å². The zero-order valence-electron chi connectivity index (χ0n) is 9.00. The molecule has 0 heterocycles. The number of hydrogen-bond acceptors (Lipinski definition) is 3. The van der Waals surface area contributed by atoms with Crippen LogP contribution in [-0.2, 0) is 0 Å². The number of hydrogen-bond donors (Lipinski definition) is 3. The lowest BCUT2D eigenvalue weighted by Gasteiger charge is -2.02. The molecule has 0 aliphatic carbocycles. The molecule has 4 N–H and O–H groups in total. The van der Waals surface area contributed by atoms with Gasteiger partial charge in [-0.2, -0.15) is 0 Å². The van der Waals surface area contributed by atoms with Crippen LogP contribution in [0.4, 0.5) is 0 Å². The maximum Gasteiger partial charge on any atom is 0.159 e. The highest BCUT2D eigenvalue weighted by molar-refractivity contribution is 5.22. The lowest BCUT2D eigenvalue weighted by molar-refractivity contribution is 0.302. The van der Waals surface area contributed by atoms with E-state index < -0.39 is 0 Å². The summed E-state index contributed by atoms with van der Waals surface area (Å²) in [4.78, 5) is 0. The topological polar surface area (TPSA) is 66.5 Å². The minimum absolute atomic E-state index is 0.115. The highest BCUT2D eigenvalue weighted by Crippen LogP contribution is 2.09. The second-order valence-corrected chi connectivity index (χ2v) is 3.19. The normalized spacial score (nSPS) is 10.7. The first-order valence-electron chi connectivity index (χ1n) is 5.06. The SMILES string of the molecule is C=C(O)C#CC/C(=C\CCO)CCCN. The lowest BCUT2D eigenvalue weighted by Crippen LogP contribution is -1.99. The molecule has 3 heteroatoms. The molecule has 0 fully saturated rings. The summed E-state index contributed by atoms with van der Waals surface area (Å²) in [5, 5.41) is 17.5. The number of nitrogens with two attached hydrogens (primary N) is 1. The monoisotopic (exact) mass is 209 g/mol. The molecule has 0 spiro atoms. The van der Waals surface area contributed by atoms with E-state index in [1.54, 1.807) is 0 Å². The first kappa shape index (κ1) is 13.8. The fourth-order valence-electron chi connectivity index (χ4n) is 1.12. The summed E-state index contributed by atoms with van der Waals surface area (Å²) in [6.45, 7) is 4.07. The Bertz CT molecular complexity index is 271. The third-order valence-corrected chi connectivity index (χ3v) is 1.81. The Morgan fingerprint density at radius 3 is 2.73 bits per heavy atom. The zero-order chi connectivity index (χ0) is 11.5. The van der Waals surface area contributed by atoms with Gasteiger partial charge in [0.05, 0.1) is 0 Å². The number of allylic oxidation sites excluding steroid dienone is 2. The average molecular weight is 209 g/mol. The van der Waals surface area contributed by atoms with Crippen LogP contribution < -0.4 is 5.73 Å². The van der Waals surface area contributed by atoms with Crippen LogP contribution in [0.3, 0.4) is 0 Å². The highest BCUT2D eigenvalue weighted by atomic mass is 16.3. The minimum atomic E-state index is -0.115. The largest absolute Gasteiger partial charge is 0.501 e. The molecule has 0 aliphatic heterocycles. The second-order valence-electron chi connectivity index (χ2n) is 3.19. The Balaban J connectivity index is 4.13. The van der Waals surface area contributed by atoms with E-state index in [2.05, 4.69) is 18.4 Å². The van der Waals surface area contributed by atoms with Gasteiger partial charge in [-0.25, -0.2) is 0 Å². The van der Waals surface area contributed by atoms with Crippen molar-refractivity contribution in [3.63, 3.8) is 0 Å². The fraction of sp³-hybridized carbons (Fsp3) is 0.500. The quantitative estimate of drug-likeness (QED) is 0.353. The van der Waals surface area contributed by atoms with Crippen molar-refractivity contribution in [3.05, 3.63) is 24.0 Å². The fourth-order valence-corrected chi connectivity index (χ4v) is 1.12. The number of rotatable bonds is 6. The van der Waals surface area contributed by atoms with E-state index in [1.165, 1.54) is 0 Å². The van der Waals surface area contributed by atoms with Crippen molar-refractivity contribution in [3.8, 4) is 11.8 Å². The molecular formula is C12H19NO2. The van der Waals surface area contributed by atoms with E-state index in [4.69, 9.17) is 15.9 Å². The van der Waals surface area contributed by atoms with Crippen molar-refractivity contribution < 1.29 is 10.2 Å². The van der Waals surface area contributed by atoms with Gasteiger partial charge in [-0.05, 0) is 38.3 Å². The van der Waals surface area contributed by atoms with E-state index in [9.17, 15) is 0 Å². The Kier molecular flexibility index (Phi) is 8.55. The average Bonchev–Trinajstić information content (AvgIpc) is 2.20. The Hall–Kier alpha value is -1.24. The van der Waals surface area contributed by atoms with Gasteiger partial charge in [0.2, 0.25) is 0 Å². The van der Waals surface area contributed by atoms with Gasteiger partial charge in [0.25, 0.3) is 0 Å². The summed E-state index contributed by atoms with van der Waals surface area (Å²) in [6.07, 6.45) is 5.02. The third-order valence-electron chi connectivity index (χ3n) is 1.81. The molecule has 0 bridgehead atoms. The van der Waals surface area contributed by atoms with Gasteiger partial charge in [0.1, 0.15) is 0 Å². The van der Waals surface area contributed by atoms with Crippen molar-refractivity contribution in [2.75, 3.05) is 13.2 Å². The van der Waals surface area contributed by atoms with Gasteiger partial charge in [-0.1, -0.05) is 17.6 Å². The number of aliphatic hydroxyl groups excluding tert-OH is 2. The maximum atomic E-state index is 8.77. The van der Waals surface area contributed by atoms with E-state index in [0.717, 1.165) is 18.4 Å². The Morgan fingerprint density at radius 2 is 2.20 bits per heavy atom. The van der Waals surface area contributed by atoms with Gasteiger partial charge in [0, 0.05) is 13.0 Å². The van der Waals surface area contributed by atoms with Gasteiger partial charge in [-0.3, -0.25) is 0 Å². The summed E-state index contributed by atoms with van der Waals surface area (Å²) >= 11 is 0. The third kappa shape index (κ3) is 9.07. The molecule has 0 aromatic rings. The van der Waals surface area contributed by atoms with Gasteiger partial charge < -0.3 is 15.9 Å². The van der Waals surface area contributed by atoms with Crippen LogP contribution in [-0.4, -0.2) is 23.4 Å². The van der Waals surface area contributed by atoms with Crippen molar-refractivity contribution >= 4 is 0 Å². The zero-order valence-corrected chi connectivity index (χ0v) is 9.00. The van der Waals surface area contributed by atoms with Crippen LogP contribution in [0, 0.1) is 11.8 Å². The Morgan fingerprint density at radius 1 is 1.47 bits per heavy atom. The molecule has 0 rings (SSSR count). The standard InChI is InChI=1S/C12H19NO2/c1-11(15)5-2-6-12(7-3-9-13)8-4-10-14/h8,14-15H,1,3-4,6-7,9-10,13H2/b12-8+. The van der Waals surface area contributed by atoms with Crippen LogP contribution in [0.25, 0.3) is 0 Å². The molecule has 0 radical (unpaired) electrons. The summed E-state index contributed by atoms with van der Waals surface area (Å²) in [6, 6.07) is 0. The molecule has 0 unspecified atom stereocenters. The van der Waals surface area contributed by atoms with E-state index in [-0.39, 0.29) is 12.4 Å². The van der Waals surface area contributed by atoms with E-state index in [0.29, 0.717) is 19.4 Å². The van der Waals surface area contributed by atoms with Crippen LogP contribution in [0.1, 0.15) is 25.7 Å². The molecule has 0 aromatic carbocycles. The molecule has 0 saturated carbocycles. The molecule has 15 heavy (non-hydrogen) atoms. The molecule has 0 aromatic heterocycles. The van der Waals surface area contributed by atoms with Crippen molar-refractivity contribution in [2.24, 2.45) is 5.73 Å². The predicted molar refractivity (Wildman–Crippen MR) is 62.2 cm³/mol. The summed E-state index contributed by atoms with van der Waals surface area (Å²) in [5.41, 5.74) is 6.57. The second kappa shape index (κ2) is 9.32. The molecule has 84 valence electrons. The molecule has 0 aliphatic rings. The molecule has 0 saturated heterocycles. The molecule has 3 nitrogen and oxygen atoms in total. The van der Waals surface area contributed by atoms with Gasteiger partial charge >= 0.3 is 0 Å². The number of aliphatic hydroxyl groups is 2. The molecule has 0 amide bonds. The summed E-state index contributed by atoms with van der Waals surface area (Å²) in [7, 11) is 0. The van der Waals surface area contributed by atoms with Crippen molar-refractivity contribution in [2.45, 2.75) is 25.7 Å². The molecule has 0 atom stereocenters. The van der Waals surface area contributed by atoms with Crippen molar-refractivity contribution in [1.29, 1.82) is 0 Å². The van der Waals surface area contributed by atoms with E-state index in [1.807, 2.05) is 6.08 Å². The maximum absolute atomic E-state index is 8.77. The highest BCUT2D eigenvalue weighted by Gasteiger charge is 1.94. The van der Waals surface area contributed by atoms with Crippen LogP contribution in [0.5, 0.6) is 0 Å². The van der Waals surface area contributed by atoms with Gasteiger partial charge in [-0.15, -0.1) is 0 Å². The van der Waals surface area contributed by atoms with Crippen LogP contribution in [0.2, 0.25) is 0 Å². The molecular weight excluding hydrogens is 190 g/mol. The summed E-state index contributed by atoms with van der Waals surface area (Å²) < 4.78 is 0. The van der Waals surface area contributed by atoms with Crippen LogP contribution >= 0.6 is 0 Å². The smallest absolute Gasteiger partial charge is 0.159 e. The van der Waals surface area contributed by atoms with Crippen LogP contribution in [0.15, 0.2) is 24.0 Å². The predicted octanol–water partition coefficient (Wildman–Crippen LogP) is 1.50. The van der Waals surface area contributed by atoms with E-state index >= 15 is 0 Å². The first-order valence-corrected chi connectivity index (χ1v) is 5.06. The minimum Gasteiger partial charge on any atom is -0.501 e. The first-order chi connectivity index (χ1) is 7.20.